The molecule has 5 rings (SSSR count). The summed E-state index contributed by atoms with van der Waals surface area (Å²) >= 11 is 0. The summed E-state index contributed by atoms with van der Waals surface area (Å²) in [5.74, 6) is -2.93. The van der Waals surface area contributed by atoms with Gasteiger partial charge in [0.05, 0.1) is 72.5 Å². The van der Waals surface area contributed by atoms with E-state index in [4.69, 9.17) is 37.9 Å². The highest BCUT2D eigenvalue weighted by atomic mass is 16.6. The summed E-state index contributed by atoms with van der Waals surface area (Å²) in [5.41, 5.74) is 0. The zero-order valence-corrected chi connectivity index (χ0v) is 32.6. The van der Waals surface area contributed by atoms with Gasteiger partial charge in [0, 0.05) is 25.7 Å². The zero-order chi connectivity index (χ0) is 37.7. The molecule has 8 bridgehead atoms. The highest BCUT2D eigenvalue weighted by Crippen LogP contribution is 2.34. The normalized spacial score (nSPS) is 45.2. The summed E-state index contributed by atoms with van der Waals surface area (Å²) in [4.78, 5) is 52.4. The van der Waals surface area contributed by atoms with Gasteiger partial charge in [-0.15, -0.1) is 0 Å². The lowest BCUT2D eigenvalue weighted by Crippen LogP contribution is -2.34. The fraction of sp³-hybridized carbons (Fsp3) is 0.900. The van der Waals surface area contributed by atoms with Gasteiger partial charge in [-0.3, -0.25) is 19.2 Å². The third-order valence-corrected chi connectivity index (χ3v) is 11.9. The van der Waals surface area contributed by atoms with Crippen molar-refractivity contribution in [2.45, 2.75) is 206 Å². The Bertz CT molecular complexity index is 1040. The SMILES string of the molecule is C[C@@H]1C[C@H]2CC[C@@H](O2)[C@H](C)C(=O)O[C@H](C)C[C@H]2CC[C@@H](O2)[C@@H](C)C(=O)O[C@H](C)C[C@H]2CC[C@@H](O2)[C@H](C)C(=O)O[C@H](C)C[C@H]2CC[C@@H](O2)[C@H](C)C(=O)O1. The van der Waals surface area contributed by atoms with Crippen molar-refractivity contribution in [1.82, 2.24) is 0 Å². The number of hydrogen-bond donors (Lipinski definition) is 0. The van der Waals surface area contributed by atoms with Gasteiger partial charge in [0.15, 0.2) is 0 Å². The van der Waals surface area contributed by atoms with Crippen molar-refractivity contribution in [3.8, 4) is 0 Å². The summed E-state index contributed by atoms with van der Waals surface area (Å²) in [5, 5.41) is 0. The third kappa shape index (κ3) is 10.9. The largest absolute Gasteiger partial charge is 0.462 e. The molecule has 0 aromatic carbocycles. The first kappa shape index (κ1) is 40.9. The first-order valence-electron chi connectivity index (χ1n) is 20.1. The number of rotatable bonds is 0. The van der Waals surface area contributed by atoms with Gasteiger partial charge in [0.2, 0.25) is 0 Å². The molecule has 12 nitrogen and oxygen atoms in total. The Morgan fingerprint density at radius 2 is 0.519 bits per heavy atom. The Labute approximate surface area is 309 Å². The van der Waals surface area contributed by atoms with E-state index in [-0.39, 0.29) is 97.1 Å². The van der Waals surface area contributed by atoms with E-state index in [2.05, 4.69) is 0 Å². The molecule has 0 aromatic heterocycles. The Balaban J connectivity index is 1.19. The van der Waals surface area contributed by atoms with Gasteiger partial charge in [-0.1, -0.05) is 0 Å². The van der Waals surface area contributed by atoms with Gasteiger partial charge < -0.3 is 37.9 Å². The Morgan fingerprint density at radius 1 is 0.327 bits per heavy atom. The minimum Gasteiger partial charge on any atom is -0.462 e. The average molecular weight is 737 g/mol. The van der Waals surface area contributed by atoms with Crippen LogP contribution in [-0.4, -0.2) is 97.1 Å². The molecule has 296 valence electrons. The summed E-state index contributed by atoms with van der Waals surface area (Å²) in [7, 11) is 0. The quantitative estimate of drug-likeness (QED) is 0.212. The predicted octanol–water partition coefficient (Wildman–Crippen LogP) is 6.02. The number of carbonyl (C=O) groups is 4. The van der Waals surface area contributed by atoms with E-state index < -0.39 is 23.7 Å². The highest BCUT2D eigenvalue weighted by Gasteiger charge is 2.41. The molecule has 0 unspecified atom stereocenters. The third-order valence-electron chi connectivity index (χ3n) is 11.9. The molecule has 0 spiro atoms. The second-order valence-electron chi connectivity index (χ2n) is 16.6. The predicted molar refractivity (Wildman–Crippen MR) is 189 cm³/mol. The van der Waals surface area contributed by atoms with Crippen LogP contribution < -0.4 is 0 Å². The molecule has 12 heteroatoms. The molecule has 5 aliphatic rings. The Morgan fingerprint density at radius 3 is 0.712 bits per heavy atom. The Kier molecular flexibility index (Phi) is 14.4. The molecule has 0 aromatic rings. The van der Waals surface area contributed by atoms with E-state index in [0.717, 1.165) is 51.4 Å². The van der Waals surface area contributed by atoms with Gasteiger partial charge in [-0.05, 0) is 107 Å². The maximum atomic E-state index is 13.1. The molecule has 52 heavy (non-hydrogen) atoms. The summed E-state index contributed by atoms with van der Waals surface area (Å²) in [6.07, 6.45) is 5.22. The second-order valence-corrected chi connectivity index (χ2v) is 16.6. The van der Waals surface area contributed by atoms with Crippen molar-refractivity contribution in [2.75, 3.05) is 0 Å². The van der Waals surface area contributed by atoms with Gasteiger partial charge in [-0.2, -0.15) is 0 Å². The fourth-order valence-corrected chi connectivity index (χ4v) is 8.60. The number of carbonyl (C=O) groups excluding carboxylic acids is 4. The summed E-state index contributed by atoms with van der Waals surface area (Å²) in [6, 6.07) is 0. The van der Waals surface area contributed by atoms with Crippen LogP contribution in [0.4, 0.5) is 0 Å². The lowest BCUT2D eigenvalue weighted by molar-refractivity contribution is -0.161. The van der Waals surface area contributed by atoms with Crippen molar-refractivity contribution in [1.29, 1.82) is 0 Å². The van der Waals surface area contributed by atoms with Crippen LogP contribution in [0.1, 0.15) is 132 Å². The zero-order valence-electron chi connectivity index (χ0n) is 32.6. The first-order chi connectivity index (χ1) is 24.7. The fourth-order valence-electron chi connectivity index (χ4n) is 8.60. The van der Waals surface area contributed by atoms with Crippen molar-refractivity contribution in [3.63, 3.8) is 0 Å². The van der Waals surface area contributed by atoms with Crippen molar-refractivity contribution < 1.29 is 57.1 Å². The number of ether oxygens (including phenoxy) is 8. The van der Waals surface area contributed by atoms with Crippen LogP contribution in [0.15, 0.2) is 0 Å². The summed E-state index contributed by atoms with van der Waals surface area (Å²) in [6.45, 7) is 14.9. The molecule has 0 aliphatic carbocycles. The highest BCUT2D eigenvalue weighted by molar-refractivity contribution is 5.74. The maximum absolute atomic E-state index is 13.1. The molecule has 0 radical (unpaired) electrons. The van der Waals surface area contributed by atoms with Crippen molar-refractivity contribution in [2.24, 2.45) is 23.7 Å². The molecule has 0 amide bonds. The van der Waals surface area contributed by atoms with E-state index in [0.29, 0.717) is 25.7 Å². The van der Waals surface area contributed by atoms with Crippen molar-refractivity contribution in [3.05, 3.63) is 0 Å². The number of hydrogen-bond acceptors (Lipinski definition) is 12. The van der Waals surface area contributed by atoms with Crippen LogP contribution in [0.2, 0.25) is 0 Å². The molecular formula is C40H64O12. The van der Waals surface area contributed by atoms with Crippen LogP contribution in [0.3, 0.4) is 0 Å². The standard InChI is InChI=1S/C40H64O12/c1-21-17-29-9-13-34(49-29)26(6)38(42)46-23(3)19-31-11-15-36(51-31)28(8)40(44)48-24(4)20-32-12-16-35(52-32)27(7)39(43)47-22(2)18-30-10-14-33(50-30)25(5)37(41)45-21/h21-36H,9-20H2,1-8H3/t21-,22-,23-,24-,25-,26+,27+,28+,29-,30-,31-,32-,33-,34-,35-,36-/m1/s1. The van der Waals surface area contributed by atoms with Crippen molar-refractivity contribution >= 4 is 23.9 Å². The van der Waals surface area contributed by atoms with Gasteiger partial charge in [-0.25, -0.2) is 0 Å². The lowest BCUT2D eigenvalue weighted by Gasteiger charge is -2.26. The molecule has 5 heterocycles. The molecule has 0 saturated carbocycles. The lowest BCUT2D eigenvalue weighted by atomic mass is 10.00. The smallest absolute Gasteiger partial charge is 0.311 e. The van der Waals surface area contributed by atoms with Crippen LogP contribution >= 0.6 is 0 Å². The van der Waals surface area contributed by atoms with E-state index in [9.17, 15) is 19.2 Å². The first-order valence-corrected chi connectivity index (χ1v) is 20.1. The van der Waals surface area contributed by atoms with Crippen LogP contribution in [0.25, 0.3) is 0 Å². The molecule has 16 atom stereocenters. The molecule has 5 saturated heterocycles. The Hall–Kier alpha value is -2.28. The molecular weight excluding hydrogens is 672 g/mol. The molecule has 5 aliphatic heterocycles. The molecule has 0 N–H and O–H groups in total. The number of fused-ring (bicyclic) bond motifs is 8. The van der Waals surface area contributed by atoms with Gasteiger partial charge >= 0.3 is 23.9 Å². The van der Waals surface area contributed by atoms with Gasteiger partial charge in [0.25, 0.3) is 0 Å². The monoisotopic (exact) mass is 736 g/mol. The average Bonchev–Trinajstić information content (AvgIpc) is 3.91. The minimum atomic E-state index is -0.434. The van der Waals surface area contributed by atoms with E-state index in [1.807, 2.05) is 55.4 Å². The maximum Gasteiger partial charge on any atom is 0.311 e. The number of esters is 4. The number of cyclic esters (lactones) is 4. The van der Waals surface area contributed by atoms with E-state index in [1.54, 1.807) is 0 Å². The minimum absolute atomic E-state index is 0.119. The van der Waals surface area contributed by atoms with Crippen LogP contribution in [0, 0.1) is 23.7 Å². The summed E-state index contributed by atoms with van der Waals surface area (Å²) < 4.78 is 48.4. The van der Waals surface area contributed by atoms with E-state index in [1.165, 1.54) is 0 Å². The van der Waals surface area contributed by atoms with Gasteiger partial charge in [0.1, 0.15) is 24.4 Å². The van der Waals surface area contributed by atoms with Crippen LogP contribution in [-0.2, 0) is 57.1 Å². The van der Waals surface area contributed by atoms with E-state index >= 15 is 0 Å². The molecule has 5 fully saturated rings. The topological polar surface area (TPSA) is 142 Å². The second kappa shape index (κ2) is 18.4. The van der Waals surface area contributed by atoms with Crippen LogP contribution in [0.5, 0.6) is 0 Å².